The van der Waals surface area contributed by atoms with E-state index in [0.717, 1.165) is 11.1 Å². The van der Waals surface area contributed by atoms with E-state index in [1.54, 1.807) is 19.1 Å². The lowest BCUT2D eigenvalue weighted by Crippen LogP contribution is -2.03. The highest BCUT2D eigenvalue weighted by Gasteiger charge is 2.16. The fourth-order valence-electron chi connectivity index (χ4n) is 1.97. The van der Waals surface area contributed by atoms with Gasteiger partial charge in [0.05, 0.1) is 0 Å². The molecular weight excluding hydrogens is 263 g/mol. The van der Waals surface area contributed by atoms with Crippen molar-refractivity contribution >= 4 is 11.6 Å². The van der Waals surface area contributed by atoms with Gasteiger partial charge < -0.3 is 5.11 Å². The number of benzene rings is 2. The molecule has 1 N–H and O–H groups in total. The Bertz CT molecular complexity index is 622. The first kappa shape index (κ1) is 14.0. The van der Waals surface area contributed by atoms with Gasteiger partial charge in [-0.2, -0.15) is 0 Å². The molecule has 0 heterocycles. The third-order valence-electron chi connectivity index (χ3n) is 3.42. The summed E-state index contributed by atoms with van der Waals surface area (Å²) in [5, 5.41) is 10.8. The second-order valence-corrected chi connectivity index (χ2v) is 5.28. The second kappa shape index (κ2) is 5.32. The molecule has 0 bridgehead atoms. The molecule has 1 atom stereocenters. The lowest BCUT2D eigenvalue weighted by molar-refractivity contribution is 0.220. The van der Waals surface area contributed by atoms with Crippen molar-refractivity contribution in [2.24, 2.45) is 0 Å². The molecule has 2 aromatic carbocycles. The van der Waals surface area contributed by atoms with E-state index in [4.69, 9.17) is 11.6 Å². The van der Waals surface area contributed by atoms with Crippen molar-refractivity contribution in [3.05, 3.63) is 69.0 Å². The summed E-state index contributed by atoms with van der Waals surface area (Å²) in [4.78, 5) is 0. The molecule has 19 heavy (non-hydrogen) atoms. The lowest BCUT2D eigenvalue weighted by Gasteiger charge is -2.15. The molecule has 100 valence electrons. The molecule has 0 amide bonds. The topological polar surface area (TPSA) is 20.2 Å². The van der Waals surface area contributed by atoms with E-state index in [1.165, 1.54) is 6.07 Å². The third kappa shape index (κ3) is 2.80. The Balaban J connectivity index is 2.46. The molecule has 0 aromatic heterocycles. The van der Waals surface area contributed by atoms with Crippen LogP contribution in [0, 0.1) is 26.6 Å². The van der Waals surface area contributed by atoms with Gasteiger partial charge in [-0.3, -0.25) is 0 Å². The molecule has 2 rings (SSSR count). The standard InChI is InChI=1S/C16H16ClFO/c1-9-4-5-12(8-15(9)18)16(19)13-6-10(2)11(3)7-14(13)17/h4-8,16,19H,1-3H3. The van der Waals surface area contributed by atoms with Crippen LogP contribution < -0.4 is 0 Å². The predicted octanol–water partition coefficient (Wildman–Crippen LogP) is 4.49. The molecule has 1 nitrogen and oxygen atoms in total. The first-order chi connectivity index (χ1) is 8.90. The Morgan fingerprint density at radius 2 is 1.63 bits per heavy atom. The molecule has 0 spiro atoms. The summed E-state index contributed by atoms with van der Waals surface area (Å²) < 4.78 is 13.6. The average molecular weight is 279 g/mol. The number of hydrogen-bond donors (Lipinski definition) is 1. The van der Waals surface area contributed by atoms with Crippen LogP contribution in [-0.2, 0) is 0 Å². The van der Waals surface area contributed by atoms with Crippen molar-refractivity contribution in [3.63, 3.8) is 0 Å². The number of hydrogen-bond acceptors (Lipinski definition) is 1. The van der Waals surface area contributed by atoms with Crippen molar-refractivity contribution < 1.29 is 9.50 Å². The van der Waals surface area contributed by atoms with E-state index in [9.17, 15) is 9.50 Å². The van der Waals surface area contributed by atoms with Crippen LogP contribution >= 0.6 is 11.6 Å². The second-order valence-electron chi connectivity index (χ2n) is 4.87. The number of halogens is 2. The predicted molar refractivity (Wildman–Crippen MR) is 76.1 cm³/mol. The Morgan fingerprint density at radius 3 is 2.26 bits per heavy atom. The smallest absolute Gasteiger partial charge is 0.126 e. The summed E-state index contributed by atoms with van der Waals surface area (Å²) in [7, 11) is 0. The Hall–Kier alpha value is -1.38. The van der Waals surface area contributed by atoms with Crippen LogP contribution in [0.1, 0.15) is 33.9 Å². The number of aliphatic hydroxyl groups excluding tert-OH is 1. The van der Waals surface area contributed by atoms with Crippen molar-refractivity contribution in [2.45, 2.75) is 26.9 Å². The van der Waals surface area contributed by atoms with Gasteiger partial charge in [0.2, 0.25) is 0 Å². The first-order valence-electron chi connectivity index (χ1n) is 6.11. The van der Waals surface area contributed by atoms with Gasteiger partial charge in [0.25, 0.3) is 0 Å². The molecule has 0 aliphatic rings. The fourth-order valence-corrected chi connectivity index (χ4v) is 2.29. The number of aryl methyl sites for hydroxylation is 3. The normalized spacial score (nSPS) is 12.5. The molecular formula is C16H16ClFO. The van der Waals surface area contributed by atoms with E-state index in [2.05, 4.69) is 0 Å². The fraction of sp³-hybridized carbons (Fsp3) is 0.250. The Labute approximate surface area is 117 Å². The van der Waals surface area contributed by atoms with E-state index in [0.29, 0.717) is 21.7 Å². The Morgan fingerprint density at radius 1 is 1.00 bits per heavy atom. The monoisotopic (exact) mass is 278 g/mol. The maximum absolute atomic E-state index is 13.6. The van der Waals surface area contributed by atoms with Crippen LogP contribution in [-0.4, -0.2) is 5.11 Å². The van der Waals surface area contributed by atoms with Crippen molar-refractivity contribution in [3.8, 4) is 0 Å². The zero-order valence-electron chi connectivity index (χ0n) is 11.2. The molecule has 0 fully saturated rings. The van der Waals surface area contributed by atoms with Crippen LogP contribution in [0.2, 0.25) is 5.02 Å². The van der Waals surface area contributed by atoms with Crippen molar-refractivity contribution in [2.75, 3.05) is 0 Å². The van der Waals surface area contributed by atoms with Crippen molar-refractivity contribution in [1.82, 2.24) is 0 Å². The lowest BCUT2D eigenvalue weighted by atomic mass is 9.97. The first-order valence-corrected chi connectivity index (χ1v) is 6.48. The maximum Gasteiger partial charge on any atom is 0.126 e. The Kier molecular flexibility index (Phi) is 3.93. The van der Waals surface area contributed by atoms with Crippen LogP contribution in [0.3, 0.4) is 0 Å². The SMILES string of the molecule is Cc1cc(Cl)c(C(O)c2ccc(C)c(F)c2)cc1C. The van der Waals surface area contributed by atoms with Gasteiger partial charge in [0.15, 0.2) is 0 Å². The summed E-state index contributed by atoms with van der Waals surface area (Å²) in [6.07, 6.45) is -0.915. The minimum atomic E-state index is -0.915. The van der Waals surface area contributed by atoms with E-state index < -0.39 is 6.10 Å². The van der Waals surface area contributed by atoms with Crippen LogP contribution in [0.4, 0.5) is 4.39 Å². The summed E-state index contributed by atoms with van der Waals surface area (Å²) in [5.41, 5.74) is 3.78. The van der Waals surface area contributed by atoms with E-state index >= 15 is 0 Å². The minimum Gasteiger partial charge on any atom is -0.384 e. The van der Waals surface area contributed by atoms with Crippen LogP contribution in [0.25, 0.3) is 0 Å². The molecule has 0 radical (unpaired) electrons. The zero-order valence-corrected chi connectivity index (χ0v) is 11.9. The van der Waals surface area contributed by atoms with E-state index in [-0.39, 0.29) is 5.82 Å². The minimum absolute atomic E-state index is 0.323. The summed E-state index contributed by atoms with van der Waals surface area (Å²) >= 11 is 6.16. The summed E-state index contributed by atoms with van der Waals surface area (Å²) in [5.74, 6) is -0.323. The van der Waals surface area contributed by atoms with Gasteiger partial charge in [-0.25, -0.2) is 4.39 Å². The van der Waals surface area contributed by atoms with Crippen LogP contribution in [0.5, 0.6) is 0 Å². The number of aliphatic hydroxyl groups is 1. The quantitative estimate of drug-likeness (QED) is 0.858. The van der Waals surface area contributed by atoms with Gasteiger partial charge in [-0.1, -0.05) is 29.8 Å². The summed E-state index contributed by atoms with van der Waals surface area (Å²) in [6.45, 7) is 5.61. The van der Waals surface area contributed by atoms with Gasteiger partial charge >= 0.3 is 0 Å². The highest BCUT2D eigenvalue weighted by molar-refractivity contribution is 6.31. The molecule has 2 aromatic rings. The molecule has 0 saturated heterocycles. The largest absolute Gasteiger partial charge is 0.384 e. The number of rotatable bonds is 2. The van der Waals surface area contributed by atoms with Crippen molar-refractivity contribution in [1.29, 1.82) is 0 Å². The molecule has 0 saturated carbocycles. The maximum atomic E-state index is 13.6. The van der Waals surface area contributed by atoms with Crippen LogP contribution in [0.15, 0.2) is 30.3 Å². The molecule has 0 aliphatic heterocycles. The van der Waals surface area contributed by atoms with Gasteiger partial charge in [0, 0.05) is 10.6 Å². The molecule has 0 aliphatic carbocycles. The molecule has 1 unspecified atom stereocenters. The van der Waals surface area contributed by atoms with E-state index in [1.807, 2.05) is 26.0 Å². The van der Waals surface area contributed by atoms with Gasteiger partial charge in [0.1, 0.15) is 11.9 Å². The van der Waals surface area contributed by atoms with Gasteiger partial charge in [-0.15, -0.1) is 0 Å². The van der Waals surface area contributed by atoms with Gasteiger partial charge in [-0.05, 0) is 55.2 Å². The summed E-state index contributed by atoms with van der Waals surface area (Å²) in [6, 6.07) is 8.39. The zero-order chi connectivity index (χ0) is 14.2. The highest BCUT2D eigenvalue weighted by Crippen LogP contribution is 2.31. The average Bonchev–Trinajstić information content (AvgIpc) is 2.36. The highest BCUT2D eigenvalue weighted by atomic mass is 35.5. The third-order valence-corrected chi connectivity index (χ3v) is 3.75. The molecule has 3 heteroatoms.